The maximum absolute atomic E-state index is 12.5. The van der Waals surface area contributed by atoms with Crippen LogP contribution in [0.25, 0.3) is 0 Å². The van der Waals surface area contributed by atoms with Crippen molar-refractivity contribution in [3.8, 4) is 0 Å². The first-order chi connectivity index (χ1) is 12.8. The molecule has 0 aliphatic heterocycles. The number of nitrogens with one attached hydrogen (secondary N) is 2. The smallest absolute Gasteiger partial charge is 0.291 e. The van der Waals surface area contributed by atoms with Crippen LogP contribution >= 0.6 is 11.3 Å². The van der Waals surface area contributed by atoms with Gasteiger partial charge in [0.05, 0.1) is 0 Å². The zero-order chi connectivity index (χ0) is 19.4. The van der Waals surface area contributed by atoms with Crippen molar-refractivity contribution in [1.29, 1.82) is 0 Å². The van der Waals surface area contributed by atoms with Gasteiger partial charge in [-0.3, -0.25) is 19.6 Å². The molecular weight excluding hydrogens is 388 g/mol. The van der Waals surface area contributed by atoms with Gasteiger partial charge in [-0.15, -0.1) is 10.2 Å². The summed E-state index contributed by atoms with van der Waals surface area (Å²) in [4.78, 5) is 23.5. The molecule has 0 unspecified atom stereocenters. The van der Waals surface area contributed by atoms with Crippen LogP contribution in [0.5, 0.6) is 0 Å². The molecule has 2 aromatic carbocycles. The van der Waals surface area contributed by atoms with Crippen LogP contribution < -0.4 is 10.0 Å². The number of aromatic nitrogens is 2. The minimum atomic E-state index is -4.00. The molecule has 0 radical (unpaired) electrons. The highest BCUT2D eigenvalue weighted by Gasteiger charge is 2.21. The molecule has 1 amide bonds. The number of Topliss-reactive ketones (excluding diaryl/α,β-unsaturated/α-hetero) is 1. The number of hydrogen-bond donors (Lipinski definition) is 2. The van der Waals surface area contributed by atoms with Gasteiger partial charge in [0, 0.05) is 16.8 Å². The Morgan fingerprint density at radius 3 is 2.37 bits per heavy atom. The Bertz CT molecular complexity index is 1090. The van der Waals surface area contributed by atoms with Gasteiger partial charge in [-0.25, -0.2) is 0 Å². The molecule has 0 aliphatic carbocycles. The van der Waals surface area contributed by atoms with Crippen molar-refractivity contribution < 1.29 is 18.0 Å². The number of ketones is 1. The Morgan fingerprint density at radius 2 is 1.67 bits per heavy atom. The summed E-state index contributed by atoms with van der Waals surface area (Å²) < 4.78 is 26.9. The second-order valence-electron chi connectivity index (χ2n) is 5.44. The van der Waals surface area contributed by atoms with E-state index in [1.54, 1.807) is 42.5 Å². The van der Waals surface area contributed by atoms with E-state index in [1.165, 1.54) is 19.1 Å². The Kier molecular flexibility index (Phi) is 5.28. The Morgan fingerprint density at radius 1 is 0.963 bits per heavy atom. The summed E-state index contributed by atoms with van der Waals surface area (Å²) in [6, 6.07) is 14.5. The molecule has 0 aliphatic rings. The van der Waals surface area contributed by atoms with Crippen molar-refractivity contribution in [2.24, 2.45) is 0 Å². The molecule has 1 aromatic heterocycles. The Balaban J connectivity index is 1.76. The normalized spacial score (nSPS) is 11.0. The molecule has 0 fully saturated rings. The monoisotopic (exact) mass is 402 g/mol. The van der Waals surface area contributed by atoms with E-state index in [2.05, 4.69) is 20.2 Å². The first-order valence-corrected chi connectivity index (χ1v) is 9.99. The van der Waals surface area contributed by atoms with Gasteiger partial charge in [-0.1, -0.05) is 41.7 Å². The van der Waals surface area contributed by atoms with Crippen molar-refractivity contribution in [1.82, 2.24) is 10.2 Å². The maximum atomic E-state index is 12.5. The fourth-order valence-electron chi connectivity index (χ4n) is 2.13. The van der Waals surface area contributed by atoms with Crippen LogP contribution in [0.15, 0.2) is 58.9 Å². The van der Waals surface area contributed by atoms with Gasteiger partial charge in [0.25, 0.3) is 20.3 Å². The van der Waals surface area contributed by atoms with E-state index in [9.17, 15) is 18.0 Å². The molecule has 1 heterocycles. The molecule has 0 saturated carbocycles. The number of anilines is 2. The average molecular weight is 402 g/mol. The molecular formula is C17H14N4O4S2. The van der Waals surface area contributed by atoms with Gasteiger partial charge >= 0.3 is 0 Å². The van der Waals surface area contributed by atoms with Gasteiger partial charge in [0.2, 0.25) is 5.13 Å². The van der Waals surface area contributed by atoms with Crippen molar-refractivity contribution >= 4 is 43.9 Å². The van der Waals surface area contributed by atoms with Crippen molar-refractivity contribution in [2.75, 3.05) is 10.0 Å². The third-order valence-corrected chi connectivity index (χ3v) is 6.00. The van der Waals surface area contributed by atoms with Crippen LogP contribution in [-0.4, -0.2) is 30.3 Å². The molecule has 0 atom stereocenters. The number of benzene rings is 2. The fourth-order valence-corrected chi connectivity index (χ4v) is 4.07. The van der Waals surface area contributed by atoms with Gasteiger partial charge in [-0.05, 0) is 31.2 Å². The standard InChI is InChI=1S/C17H14N4O4S2/c1-11(22)13-8-5-9-14(10-13)21-27(24,25)17-20-19-16(26-17)18-15(23)12-6-3-2-4-7-12/h2-10,21H,1H3,(H,18,19,23). The molecule has 3 aromatic rings. The topological polar surface area (TPSA) is 118 Å². The van der Waals surface area contributed by atoms with Crippen LogP contribution in [0.4, 0.5) is 10.8 Å². The molecule has 2 N–H and O–H groups in total. The van der Waals surface area contributed by atoms with Gasteiger partial charge in [0.15, 0.2) is 5.78 Å². The van der Waals surface area contributed by atoms with E-state index in [1.807, 2.05) is 0 Å². The highest BCUT2D eigenvalue weighted by molar-refractivity contribution is 7.94. The number of carbonyl (C=O) groups excluding carboxylic acids is 2. The summed E-state index contributed by atoms with van der Waals surface area (Å²) in [6.07, 6.45) is 0. The van der Waals surface area contributed by atoms with Crippen LogP contribution in [-0.2, 0) is 10.0 Å². The zero-order valence-electron chi connectivity index (χ0n) is 14.0. The number of sulfonamides is 1. The van der Waals surface area contributed by atoms with E-state index in [4.69, 9.17) is 0 Å². The van der Waals surface area contributed by atoms with E-state index in [0.29, 0.717) is 11.1 Å². The maximum Gasteiger partial charge on any atom is 0.291 e. The number of rotatable bonds is 6. The molecule has 0 spiro atoms. The van der Waals surface area contributed by atoms with E-state index in [0.717, 1.165) is 11.3 Å². The average Bonchev–Trinajstić information content (AvgIpc) is 3.12. The van der Waals surface area contributed by atoms with Crippen LogP contribution in [0.3, 0.4) is 0 Å². The lowest BCUT2D eigenvalue weighted by Gasteiger charge is -2.06. The predicted molar refractivity (Wildman–Crippen MR) is 102 cm³/mol. The lowest BCUT2D eigenvalue weighted by atomic mass is 10.1. The van der Waals surface area contributed by atoms with Gasteiger partial charge in [-0.2, -0.15) is 8.42 Å². The van der Waals surface area contributed by atoms with Gasteiger partial charge in [0.1, 0.15) is 0 Å². The summed E-state index contributed by atoms with van der Waals surface area (Å²) in [5.74, 6) is -0.601. The SMILES string of the molecule is CC(=O)c1cccc(NS(=O)(=O)c2nnc(NC(=O)c3ccccc3)s2)c1. The van der Waals surface area contributed by atoms with E-state index < -0.39 is 15.9 Å². The molecule has 8 nitrogen and oxygen atoms in total. The lowest BCUT2D eigenvalue weighted by molar-refractivity contribution is 0.101. The third kappa shape index (κ3) is 4.54. The van der Waals surface area contributed by atoms with E-state index >= 15 is 0 Å². The number of amides is 1. The molecule has 3 rings (SSSR count). The summed E-state index contributed by atoms with van der Waals surface area (Å²) in [5, 5.41) is 9.89. The lowest BCUT2D eigenvalue weighted by Crippen LogP contribution is -2.13. The molecule has 10 heteroatoms. The molecule has 0 saturated heterocycles. The fraction of sp³-hybridized carbons (Fsp3) is 0.0588. The summed E-state index contributed by atoms with van der Waals surface area (Å²) in [7, 11) is -4.00. The number of carbonyl (C=O) groups is 2. The zero-order valence-corrected chi connectivity index (χ0v) is 15.7. The Hall–Kier alpha value is -3.11. The summed E-state index contributed by atoms with van der Waals surface area (Å²) >= 11 is 0.721. The van der Waals surface area contributed by atoms with E-state index in [-0.39, 0.29) is 20.9 Å². The second-order valence-corrected chi connectivity index (χ2v) is 8.27. The van der Waals surface area contributed by atoms with Crippen molar-refractivity contribution in [3.05, 3.63) is 65.7 Å². The predicted octanol–water partition coefficient (Wildman–Crippen LogP) is 2.79. The summed E-state index contributed by atoms with van der Waals surface area (Å²) in [6.45, 7) is 1.39. The largest absolute Gasteiger partial charge is 0.296 e. The number of nitrogens with zero attached hydrogens (tertiary/aromatic N) is 2. The molecule has 138 valence electrons. The summed E-state index contributed by atoms with van der Waals surface area (Å²) in [5.41, 5.74) is 1.02. The van der Waals surface area contributed by atoms with Gasteiger partial charge < -0.3 is 0 Å². The highest BCUT2D eigenvalue weighted by atomic mass is 32.2. The Labute approximate surface area is 159 Å². The van der Waals surface area contributed by atoms with Crippen LogP contribution in [0.1, 0.15) is 27.6 Å². The quantitative estimate of drug-likeness (QED) is 0.483. The highest BCUT2D eigenvalue weighted by Crippen LogP contribution is 2.23. The van der Waals surface area contributed by atoms with Crippen LogP contribution in [0, 0.1) is 0 Å². The minimum Gasteiger partial charge on any atom is -0.296 e. The second kappa shape index (κ2) is 7.64. The number of hydrogen-bond acceptors (Lipinski definition) is 7. The van der Waals surface area contributed by atoms with Crippen molar-refractivity contribution in [2.45, 2.75) is 11.3 Å². The van der Waals surface area contributed by atoms with Crippen LogP contribution in [0.2, 0.25) is 0 Å². The molecule has 0 bridgehead atoms. The van der Waals surface area contributed by atoms with Crippen molar-refractivity contribution in [3.63, 3.8) is 0 Å². The third-order valence-electron chi connectivity index (χ3n) is 3.41. The first-order valence-electron chi connectivity index (χ1n) is 7.69. The first kappa shape index (κ1) is 18.7. The minimum absolute atomic E-state index is 0.0571. The molecule has 27 heavy (non-hydrogen) atoms.